The Bertz CT molecular complexity index is 525. The minimum atomic E-state index is -0.573. The third kappa shape index (κ3) is 3.95. The Hall–Kier alpha value is -1.67. The fraction of sp³-hybridized carbons (Fsp3) is 0.824. The van der Waals surface area contributed by atoms with Gasteiger partial charge in [-0.3, -0.25) is 19.3 Å². The van der Waals surface area contributed by atoms with Crippen LogP contribution < -0.4 is 5.32 Å². The molecule has 25 heavy (non-hydrogen) atoms. The Balaban J connectivity index is 1.73. The number of nitrogens with one attached hydrogen (secondary N) is 1. The minimum absolute atomic E-state index is 0.00190. The molecule has 8 heteroatoms. The Morgan fingerprint density at radius 2 is 2.08 bits per heavy atom. The van der Waals surface area contributed by atoms with Crippen LogP contribution in [0, 0.1) is 0 Å². The SMILES string of the molecule is CC1CCC2CCN(C3COC3)CC(NC(=O)CN(C)C=O)C(=O)N12. The van der Waals surface area contributed by atoms with Crippen LogP contribution in [0.15, 0.2) is 0 Å². The van der Waals surface area contributed by atoms with E-state index in [0.29, 0.717) is 32.2 Å². The van der Waals surface area contributed by atoms with Crippen LogP contribution in [0.25, 0.3) is 0 Å². The maximum Gasteiger partial charge on any atom is 0.246 e. The predicted molar refractivity (Wildman–Crippen MR) is 90.8 cm³/mol. The van der Waals surface area contributed by atoms with Crippen LogP contribution in [0.2, 0.25) is 0 Å². The lowest BCUT2D eigenvalue weighted by molar-refractivity contribution is -0.143. The lowest BCUT2D eigenvalue weighted by atomic mass is 10.0. The molecule has 0 bridgehead atoms. The van der Waals surface area contributed by atoms with Gasteiger partial charge in [-0.05, 0) is 26.2 Å². The molecule has 3 aliphatic rings. The summed E-state index contributed by atoms with van der Waals surface area (Å²) in [6.07, 6.45) is 3.62. The van der Waals surface area contributed by atoms with Gasteiger partial charge in [-0.2, -0.15) is 0 Å². The molecule has 1 N–H and O–H groups in total. The highest BCUT2D eigenvalue weighted by Crippen LogP contribution is 2.29. The number of carbonyl (C=O) groups excluding carboxylic acids is 3. The van der Waals surface area contributed by atoms with Gasteiger partial charge in [-0.1, -0.05) is 0 Å². The molecule has 0 spiro atoms. The molecule has 140 valence electrons. The van der Waals surface area contributed by atoms with E-state index in [2.05, 4.69) is 17.1 Å². The quantitative estimate of drug-likeness (QED) is 0.645. The van der Waals surface area contributed by atoms with Gasteiger partial charge in [0, 0.05) is 32.2 Å². The van der Waals surface area contributed by atoms with E-state index in [1.54, 1.807) is 7.05 Å². The van der Waals surface area contributed by atoms with Crippen molar-refractivity contribution >= 4 is 18.2 Å². The second kappa shape index (κ2) is 7.70. The normalized spacial score (nSPS) is 30.9. The number of carbonyl (C=O) groups is 3. The van der Waals surface area contributed by atoms with Crippen LogP contribution in [0.5, 0.6) is 0 Å². The fourth-order valence-corrected chi connectivity index (χ4v) is 4.03. The summed E-state index contributed by atoms with van der Waals surface area (Å²) in [6.45, 7) is 4.82. The number of hydrogen-bond acceptors (Lipinski definition) is 5. The molecule has 3 atom stereocenters. The minimum Gasteiger partial charge on any atom is -0.378 e. The van der Waals surface area contributed by atoms with Crippen molar-refractivity contribution in [3.63, 3.8) is 0 Å². The summed E-state index contributed by atoms with van der Waals surface area (Å²) < 4.78 is 5.30. The summed E-state index contributed by atoms with van der Waals surface area (Å²) in [5, 5.41) is 2.85. The third-order valence-corrected chi connectivity index (χ3v) is 5.55. The summed E-state index contributed by atoms with van der Waals surface area (Å²) in [7, 11) is 1.54. The fourth-order valence-electron chi connectivity index (χ4n) is 4.03. The lowest BCUT2D eigenvalue weighted by Gasteiger charge is -2.43. The van der Waals surface area contributed by atoms with Crippen molar-refractivity contribution in [3.05, 3.63) is 0 Å². The molecule has 0 aromatic heterocycles. The monoisotopic (exact) mass is 352 g/mol. The topological polar surface area (TPSA) is 82.2 Å². The molecule has 3 aliphatic heterocycles. The van der Waals surface area contributed by atoms with Crippen molar-refractivity contribution in [3.8, 4) is 0 Å². The summed E-state index contributed by atoms with van der Waals surface area (Å²) in [5.74, 6) is -0.302. The standard InChI is InChI=1S/C17H28N4O4/c1-12-3-4-13-5-6-20(14-9-25-10-14)7-15(17(24)21(12)13)18-16(23)8-19(2)11-22/h11-15H,3-10H2,1-2H3,(H,18,23). The van der Waals surface area contributed by atoms with Crippen LogP contribution in [-0.4, -0.2) is 97.0 Å². The van der Waals surface area contributed by atoms with Gasteiger partial charge in [-0.15, -0.1) is 0 Å². The van der Waals surface area contributed by atoms with Gasteiger partial charge in [-0.25, -0.2) is 0 Å². The van der Waals surface area contributed by atoms with Gasteiger partial charge in [0.05, 0.1) is 25.8 Å². The number of likely N-dealkylation sites (N-methyl/N-ethyl adjacent to an activating group) is 1. The molecule has 3 rings (SSSR count). The van der Waals surface area contributed by atoms with E-state index < -0.39 is 6.04 Å². The average Bonchev–Trinajstić information content (AvgIpc) is 2.88. The molecule has 3 unspecified atom stereocenters. The maximum atomic E-state index is 13.1. The van der Waals surface area contributed by atoms with Gasteiger partial charge < -0.3 is 19.9 Å². The lowest BCUT2D eigenvalue weighted by Crippen LogP contribution is -2.62. The van der Waals surface area contributed by atoms with E-state index in [4.69, 9.17) is 4.74 Å². The zero-order valence-electron chi connectivity index (χ0n) is 15.0. The smallest absolute Gasteiger partial charge is 0.246 e. The highest BCUT2D eigenvalue weighted by Gasteiger charge is 2.42. The number of nitrogens with zero attached hydrogens (tertiary/aromatic N) is 3. The second-order valence-electron chi connectivity index (χ2n) is 7.44. The molecule has 0 radical (unpaired) electrons. The molecular formula is C17H28N4O4. The number of fused-ring (bicyclic) bond motifs is 1. The summed E-state index contributed by atoms with van der Waals surface area (Å²) in [6, 6.07) is 0.225. The van der Waals surface area contributed by atoms with E-state index in [1.165, 1.54) is 4.90 Å². The summed E-state index contributed by atoms with van der Waals surface area (Å²) in [4.78, 5) is 41.6. The van der Waals surface area contributed by atoms with Crippen molar-refractivity contribution in [2.75, 3.05) is 39.9 Å². The molecule has 3 heterocycles. The van der Waals surface area contributed by atoms with E-state index >= 15 is 0 Å². The zero-order valence-corrected chi connectivity index (χ0v) is 15.0. The van der Waals surface area contributed by atoms with Crippen molar-refractivity contribution in [1.29, 1.82) is 0 Å². The van der Waals surface area contributed by atoms with Crippen LogP contribution in [-0.2, 0) is 19.1 Å². The Kier molecular flexibility index (Phi) is 5.58. The Labute approximate surface area is 148 Å². The van der Waals surface area contributed by atoms with Crippen molar-refractivity contribution < 1.29 is 19.1 Å². The molecule has 3 saturated heterocycles. The first-order valence-corrected chi connectivity index (χ1v) is 9.08. The van der Waals surface area contributed by atoms with Crippen LogP contribution in [0.4, 0.5) is 0 Å². The maximum absolute atomic E-state index is 13.1. The van der Waals surface area contributed by atoms with E-state index in [9.17, 15) is 14.4 Å². The Morgan fingerprint density at radius 1 is 1.32 bits per heavy atom. The molecule has 0 aliphatic carbocycles. The van der Waals surface area contributed by atoms with Crippen LogP contribution in [0.1, 0.15) is 26.2 Å². The number of ether oxygens (including phenoxy) is 1. The number of hydrogen-bond donors (Lipinski definition) is 1. The molecule has 3 fully saturated rings. The molecule has 0 aromatic rings. The largest absolute Gasteiger partial charge is 0.378 e. The molecule has 0 aromatic carbocycles. The van der Waals surface area contributed by atoms with Crippen LogP contribution >= 0.6 is 0 Å². The zero-order chi connectivity index (χ0) is 18.0. The first kappa shape index (κ1) is 18.1. The van der Waals surface area contributed by atoms with Gasteiger partial charge in [0.15, 0.2) is 0 Å². The molecular weight excluding hydrogens is 324 g/mol. The summed E-state index contributed by atoms with van der Waals surface area (Å²) >= 11 is 0. The van der Waals surface area contributed by atoms with Crippen molar-refractivity contribution in [2.45, 2.75) is 50.4 Å². The third-order valence-electron chi connectivity index (χ3n) is 5.55. The van der Waals surface area contributed by atoms with E-state index in [1.807, 2.05) is 4.90 Å². The first-order valence-electron chi connectivity index (χ1n) is 9.08. The molecule has 0 saturated carbocycles. The van der Waals surface area contributed by atoms with Gasteiger partial charge >= 0.3 is 0 Å². The highest BCUT2D eigenvalue weighted by molar-refractivity contribution is 5.89. The van der Waals surface area contributed by atoms with E-state index in [-0.39, 0.29) is 30.4 Å². The first-order chi connectivity index (χ1) is 12.0. The van der Waals surface area contributed by atoms with Crippen LogP contribution in [0.3, 0.4) is 0 Å². The number of amides is 3. The summed E-state index contributed by atoms with van der Waals surface area (Å²) in [5.41, 5.74) is 0. The number of rotatable bonds is 5. The van der Waals surface area contributed by atoms with E-state index in [0.717, 1.165) is 25.8 Å². The average molecular weight is 352 g/mol. The molecule has 3 amide bonds. The Morgan fingerprint density at radius 3 is 2.72 bits per heavy atom. The van der Waals surface area contributed by atoms with Crippen molar-refractivity contribution in [1.82, 2.24) is 20.0 Å². The van der Waals surface area contributed by atoms with Gasteiger partial charge in [0.2, 0.25) is 18.2 Å². The highest BCUT2D eigenvalue weighted by atomic mass is 16.5. The predicted octanol–water partition coefficient (Wildman–Crippen LogP) is -0.957. The van der Waals surface area contributed by atoms with Gasteiger partial charge in [0.1, 0.15) is 6.04 Å². The van der Waals surface area contributed by atoms with Gasteiger partial charge in [0.25, 0.3) is 0 Å². The second-order valence-corrected chi connectivity index (χ2v) is 7.44. The molecule has 8 nitrogen and oxygen atoms in total. The van der Waals surface area contributed by atoms with Crippen molar-refractivity contribution in [2.24, 2.45) is 0 Å².